The van der Waals surface area contributed by atoms with Crippen LogP contribution in [0.5, 0.6) is 11.5 Å². The molecule has 5 aromatic rings. The van der Waals surface area contributed by atoms with Gasteiger partial charge in [0.2, 0.25) is 0 Å². The Morgan fingerprint density at radius 1 is 1.15 bits per heavy atom. The first-order valence-electron chi connectivity index (χ1n) is 10.5. The molecule has 0 fully saturated rings. The highest BCUT2D eigenvalue weighted by Gasteiger charge is 2.23. The minimum absolute atomic E-state index is 0.266. The van der Waals surface area contributed by atoms with Crippen molar-refractivity contribution in [2.24, 2.45) is 5.10 Å². The van der Waals surface area contributed by atoms with Gasteiger partial charge >= 0.3 is 0 Å². The number of nitrogens with one attached hydrogen (secondary N) is 1. The molecule has 1 amide bonds. The summed E-state index contributed by atoms with van der Waals surface area (Å²) in [6.45, 7) is 1.78. The van der Waals surface area contributed by atoms with E-state index in [0.29, 0.717) is 28.5 Å². The number of amides is 1. The first-order valence-corrected chi connectivity index (χ1v) is 12.4. The third-order valence-corrected chi connectivity index (χ3v) is 7.27. The molecule has 1 aliphatic rings. The van der Waals surface area contributed by atoms with Gasteiger partial charge in [-0.2, -0.15) is 5.12 Å². The molecular weight excluding hydrogens is 468 g/mol. The van der Waals surface area contributed by atoms with E-state index in [0.717, 1.165) is 32.0 Å². The van der Waals surface area contributed by atoms with Crippen LogP contribution in [0.15, 0.2) is 81.8 Å². The molecule has 7 nitrogen and oxygen atoms in total. The van der Waals surface area contributed by atoms with E-state index in [1.807, 2.05) is 60.0 Å². The monoisotopic (exact) mass is 486 g/mol. The number of thioether (sulfide) groups is 1. The Bertz CT molecular complexity index is 1560. The zero-order valence-electron chi connectivity index (χ0n) is 18.0. The van der Waals surface area contributed by atoms with Gasteiger partial charge in [0.1, 0.15) is 33.8 Å². The molecule has 0 saturated carbocycles. The van der Waals surface area contributed by atoms with E-state index in [-0.39, 0.29) is 5.91 Å². The van der Waals surface area contributed by atoms with Crippen molar-refractivity contribution in [3.8, 4) is 11.5 Å². The number of hydrazine groups is 1. The number of nitrogens with zero attached hydrogens (tertiary/aromatic N) is 3. The van der Waals surface area contributed by atoms with Gasteiger partial charge in [-0.15, -0.1) is 16.4 Å². The molecular formula is C25H18N4O3S2. The lowest BCUT2D eigenvalue weighted by atomic mass is 10.1. The number of hydrogen-bond donors (Lipinski definition) is 1. The minimum atomic E-state index is -0.266. The Kier molecular flexibility index (Phi) is 5.20. The lowest BCUT2D eigenvalue weighted by Gasteiger charge is -2.13. The van der Waals surface area contributed by atoms with E-state index in [4.69, 9.17) is 9.15 Å². The van der Waals surface area contributed by atoms with Crippen LogP contribution in [0.25, 0.3) is 21.2 Å². The second-order valence-electron chi connectivity index (χ2n) is 7.62. The molecule has 0 saturated heterocycles. The standard InChI is InChI=1S/C25H18N4O3S2/c1-15-22(24(30)27-29-14-34-25(28-29)16-5-3-2-4-6-16)18-8-7-17(13-21(18)31-15)32-20-9-11-26-19-10-12-33-23(19)20/h2-13H,14H2,1H3,(H,27,30). The maximum Gasteiger partial charge on any atom is 0.275 e. The molecule has 0 aliphatic carbocycles. The lowest BCUT2D eigenvalue weighted by Crippen LogP contribution is -2.36. The molecule has 0 unspecified atom stereocenters. The van der Waals surface area contributed by atoms with Crippen LogP contribution in [0.4, 0.5) is 0 Å². The molecule has 6 rings (SSSR count). The number of benzene rings is 2. The topological polar surface area (TPSA) is 80.0 Å². The summed E-state index contributed by atoms with van der Waals surface area (Å²) in [6, 6.07) is 19.2. The van der Waals surface area contributed by atoms with Gasteiger partial charge in [-0.05, 0) is 30.5 Å². The molecule has 0 atom stereocenters. The van der Waals surface area contributed by atoms with Crippen LogP contribution in [-0.4, -0.2) is 26.9 Å². The van der Waals surface area contributed by atoms with Crippen LogP contribution >= 0.6 is 23.1 Å². The highest BCUT2D eigenvalue weighted by Crippen LogP contribution is 2.35. The van der Waals surface area contributed by atoms with E-state index in [1.165, 1.54) is 0 Å². The summed E-state index contributed by atoms with van der Waals surface area (Å²) in [4.78, 5) is 17.4. The highest BCUT2D eigenvalue weighted by atomic mass is 32.2. The average Bonchev–Trinajstić information content (AvgIpc) is 3.58. The van der Waals surface area contributed by atoms with Gasteiger partial charge in [-0.1, -0.05) is 42.1 Å². The molecule has 0 bridgehead atoms. The Labute approximate surface area is 203 Å². The minimum Gasteiger partial charge on any atom is -0.460 e. The van der Waals surface area contributed by atoms with Gasteiger partial charge in [0.05, 0.1) is 15.8 Å². The lowest BCUT2D eigenvalue weighted by molar-refractivity contribution is 0.0828. The summed E-state index contributed by atoms with van der Waals surface area (Å²) in [5.41, 5.74) is 5.87. The molecule has 0 spiro atoms. The number of rotatable bonds is 5. The molecule has 168 valence electrons. The number of aryl methyl sites for hydroxylation is 1. The zero-order chi connectivity index (χ0) is 23.1. The number of hydrogen-bond acceptors (Lipinski definition) is 8. The largest absolute Gasteiger partial charge is 0.460 e. The normalized spacial score (nSPS) is 13.4. The van der Waals surface area contributed by atoms with Crippen molar-refractivity contribution in [1.82, 2.24) is 15.5 Å². The third kappa shape index (κ3) is 3.78. The average molecular weight is 487 g/mol. The number of aromatic nitrogens is 1. The Hall–Kier alpha value is -3.82. The number of thiophene rings is 1. The summed E-state index contributed by atoms with van der Waals surface area (Å²) in [5, 5.41) is 9.66. The molecule has 9 heteroatoms. The highest BCUT2D eigenvalue weighted by molar-refractivity contribution is 8.14. The van der Waals surface area contributed by atoms with Crippen molar-refractivity contribution in [2.75, 3.05) is 5.88 Å². The molecule has 4 heterocycles. The SMILES string of the molecule is Cc1oc2cc(Oc3ccnc4ccsc34)ccc2c1C(=O)NN1CSC(c2ccccc2)=N1. The van der Waals surface area contributed by atoms with E-state index in [2.05, 4.69) is 15.5 Å². The van der Waals surface area contributed by atoms with E-state index >= 15 is 0 Å². The summed E-state index contributed by atoms with van der Waals surface area (Å²) < 4.78 is 13.0. The number of carbonyl (C=O) groups excluding carboxylic acids is 1. The van der Waals surface area contributed by atoms with Gasteiger partial charge in [0, 0.05) is 29.3 Å². The van der Waals surface area contributed by atoms with E-state index in [9.17, 15) is 4.79 Å². The van der Waals surface area contributed by atoms with Crippen molar-refractivity contribution in [1.29, 1.82) is 0 Å². The van der Waals surface area contributed by atoms with Crippen LogP contribution < -0.4 is 10.2 Å². The second-order valence-corrected chi connectivity index (χ2v) is 9.47. The zero-order valence-corrected chi connectivity index (χ0v) is 19.7. The number of pyridine rings is 1. The maximum atomic E-state index is 13.1. The predicted molar refractivity (Wildman–Crippen MR) is 135 cm³/mol. The Morgan fingerprint density at radius 3 is 2.91 bits per heavy atom. The Balaban J connectivity index is 1.24. The quantitative estimate of drug-likeness (QED) is 0.321. The van der Waals surface area contributed by atoms with Crippen LogP contribution in [0.1, 0.15) is 21.7 Å². The molecule has 3 aromatic heterocycles. The first kappa shape index (κ1) is 20.8. The summed E-state index contributed by atoms with van der Waals surface area (Å²) in [6.07, 6.45) is 1.73. The molecule has 34 heavy (non-hydrogen) atoms. The number of furan rings is 1. The van der Waals surface area contributed by atoms with Gasteiger partial charge in [-0.25, -0.2) is 5.43 Å². The fourth-order valence-electron chi connectivity index (χ4n) is 3.84. The first-order chi connectivity index (χ1) is 16.7. The van der Waals surface area contributed by atoms with Crippen LogP contribution in [-0.2, 0) is 0 Å². The Morgan fingerprint density at radius 2 is 2.03 bits per heavy atom. The maximum absolute atomic E-state index is 13.1. The number of carbonyl (C=O) groups is 1. The van der Waals surface area contributed by atoms with E-state index < -0.39 is 0 Å². The molecule has 0 radical (unpaired) electrons. The summed E-state index contributed by atoms with van der Waals surface area (Å²) >= 11 is 3.15. The third-order valence-electron chi connectivity index (χ3n) is 5.39. The van der Waals surface area contributed by atoms with Gasteiger partial charge < -0.3 is 9.15 Å². The van der Waals surface area contributed by atoms with Crippen molar-refractivity contribution >= 4 is 55.2 Å². The van der Waals surface area contributed by atoms with Gasteiger partial charge in [0.15, 0.2) is 0 Å². The van der Waals surface area contributed by atoms with Crippen molar-refractivity contribution in [2.45, 2.75) is 6.92 Å². The smallest absolute Gasteiger partial charge is 0.275 e. The van der Waals surface area contributed by atoms with Gasteiger partial charge in [-0.3, -0.25) is 9.78 Å². The van der Waals surface area contributed by atoms with Gasteiger partial charge in [0.25, 0.3) is 5.91 Å². The fraction of sp³-hybridized carbons (Fsp3) is 0.0800. The van der Waals surface area contributed by atoms with Crippen LogP contribution in [0.2, 0.25) is 0 Å². The predicted octanol–water partition coefficient (Wildman–Crippen LogP) is 6.16. The fourth-order valence-corrected chi connectivity index (χ4v) is 5.47. The molecule has 1 N–H and O–H groups in total. The van der Waals surface area contributed by atoms with E-state index in [1.54, 1.807) is 47.4 Å². The molecule has 2 aromatic carbocycles. The van der Waals surface area contributed by atoms with Crippen molar-refractivity contribution < 1.29 is 13.9 Å². The number of fused-ring (bicyclic) bond motifs is 2. The van der Waals surface area contributed by atoms with Crippen molar-refractivity contribution in [3.05, 3.63) is 89.1 Å². The summed E-state index contributed by atoms with van der Waals surface area (Å²) in [7, 11) is 0. The summed E-state index contributed by atoms with van der Waals surface area (Å²) in [5.74, 6) is 2.17. The van der Waals surface area contributed by atoms with Crippen LogP contribution in [0.3, 0.4) is 0 Å². The van der Waals surface area contributed by atoms with Crippen LogP contribution in [0, 0.1) is 6.92 Å². The number of hydrazone groups is 1. The second kappa shape index (κ2) is 8.51. The molecule has 1 aliphatic heterocycles. The van der Waals surface area contributed by atoms with Crippen molar-refractivity contribution in [3.63, 3.8) is 0 Å². The number of ether oxygens (including phenoxy) is 1.